The van der Waals surface area contributed by atoms with Crippen LogP contribution in [-0.2, 0) is 4.74 Å². The van der Waals surface area contributed by atoms with Gasteiger partial charge < -0.3 is 10.5 Å². The van der Waals surface area contributed by atoms with Gasteiger partial charge in [0.1, 0.15) is 5.54 Å². The Labute approximate surface area is 80.9 Å². The van der Waals surface area contributed by atoms with Gasteiger partial charge in [0.2, 0.25) is 0 Å². The Hall–Kier alpha value is -0.590. The molecule has 3 nitrogen and oxygen atoms in total. The smallest absolute Gasteiger partial charge is 0.103 e. The molecular formula is C10H20N2O. The van der Waals surface area contributed by atoms with Gasteiger partial charge in [0.15, 0.2) is 0 Å². The van der Waals surface area contributed by atoms with Gasteiger partial charge in [-0.25, -0.2) is 0 Å². The summed E-state index contributed by atoms with van der Waals surface area (Å²) in [6, 6.07) is 2.06. The molecule has 0 aliphatic heterocycles. The van der Waals surface area contributed by atoms with Crippen LogP contribution < -0.4 is 5.73 Å². The monoisotopic (exact) mass is 184 g/mol. The van der Waals surface area contributed by atoms with E-state index in [4.69, 9.17) is 15.7 Å². The molecule has 0 bridgehead atoms. The zero-order valence-electron chi connectivity index (χ0n) is 9.00. The lowest BCUT2D eigenvalue weighted by Crippen LogP contribution is -2.38. The molecule has 2 unspecified atom stereocenters. The van der Waals surface area contributed by atoms with Gasteiger partial charge in [0.25, 0.3) is 0 Å². The lowest BCUT2D eigenvalue weighted by molar-refractivity contribution is 0.0348. The Morgan fingerprint density at radius 2 is 2.00 bits per heavy atom. The quantitative estimate of drug-likeness (QED) is 0.707. The predicted molar refractivity (Wildman–Crippen MR) is 53.1 cm³/mol. The molecule has 0 saturated heterocycles. The molecule has 13 heavy (non-hydrogen) atoms. The summed E-state index contributed by atoms with van der Waals surface area (Å²) in [5, 5.41) is 8.69. The van der Waals surface area contributed by atoms with Crippen LogP contribution in [0.1, 0.15) is 34.1 Å². The van der Waals surface area contributed by atoms with Gasteiger partial charge >= 0.3 is 0 Å². The van der Waals surface area contributed by atoms with Crippen LogP contribution in [0, 0.1) is 17.2 Å². The fourth-order valence-electron chi connectivity index (χ4n) is 1.06. The van der Waals surface area contributed by atoms with Crippen LogP contribution >= 0.6 is 0 Å². The van der Waals surface area contributed by atoms with E-state index in [-0.39, 0.29) is 6.10 Å². The van der Waals surface area contributed by atoms with Gasteiger partial charge in [-0.3, -0.25) is 0 Å². The number of ether oxygens (including phenoxy) is 1. The molecule has 3 heteroatoms. The van der Waals surface area contributed by atoms with Crippen molar-refractivity contribution in [2.45, 2.75) is 45.8 Å². The molecule has 2 atom stereocenters. The Morgan fingerprint density at radius 1 is 1.46 bits per heavy atom. The fourth-order valence-corrected chi connectivity index (χ4v) is 1.06. The molecule has 76 valence electrons. The van der Waals surface area contributed by atoms with E-state index >= 15 is 0 Å². The van der Waals surface area contributed by atoms with Gasteiger partial charge in [-0.1, -0.05) is 13.8 Å². The fraction of sp³-hybridized carbons (Fsp3) is 0.900. The largest absolute Gasteiger partial charge is 0.378 e. The molecule has 0 aromatic heterocycles. The summed E-state index contributed by atoms with van der Waals surface area (Å²) in [5.74, 6) is 0.522. The van der Waals surface area contributed by atoms with Gasteiger partial charge in [-0.15, -0.1) is 0 Å². The molecule has 0 aliphatic rings. The summed E-state index contributed by atoms with van der Waals surface area (Å²) in [4.78, 5) is 0. The van der Waals surface area contributed by atoms with Gasteiger partial charge in [-0.05, 0) is 19.8 Å². The van der Waals surface area contributed by atoms with E-state index in [2.05, 4.69) is 19.9 Å². The maximum absolute atomic E-state index is 8.69. The maximum Gasteiger partial charge on any atom is 0.103 e. The van der Waals surface area contributed by atoms with Crippen LogP contribution in [0.25, 0.3) is 0 Å². The van der Waals surface area contributed by atoms with E-state index in [1.807, 2.05) is 6.92 Å². The van der Waals surface area contributed by atoms with Crippen LogP contribution in [0.15, 0.2) is 0 Å². The first-order valence-corrected chi connectivity index (χ1v) is 4.69. The highest BCUT2D eigenvalue weighted by Gasteiger charge is 2.21. The topological polar surface area (TPSA) is 59.0 Å². The third-order valence-electron chi connectivity index (χ3n) is 1.68. The molecule has 0 amide bonds. The van der Waals surface area contributed by atoms with E-state index in [0.29, 0.717) is 12.3 Å². The van der Waals surface area contributed by atoms with Crippen LogP contribution in [0.4, 0.5) is 0 Å². The first-order chi connectivity index (χ1) is 5.87. The lowest BCUT2D eigenvalue weighted by Gasteiger charge is -2.21. The second kappa shape index (κ2) is 5.21. The highest BCUT2D eigenvalue weighted by molar-refractivity contribution is 5.01. The zero-order valence-corrected chi connectivity index (χ0v) is 9.00. The van der Waals surface area contributed by atoms with Crippen LogP contribution in [-0.4, -0.2) is 18.2 Å². The molecule has 0 radical (unpaired) electrons. The lowest BCUT2D eigenvalue weighted by atomic mass is 9.98. The Kier molecular flexibility index (Phi) is 4.97. The average molecular weight is 184 g/mol. The molecule has 0 aromatic rings. The van der Waals surface area contributed by atoms with Crippen molar-refractivity contribution < 1.29 is 4.74 Å². The average Bonchev–Trinajstić information content (AvgIpc) is 2.00. The maximum atomic E-state index is 8.69. The molecule has 0 rings (SSSR count). The minimum atomic E-state index is -0.767. The van der Waals surface area contributed by atoms with Crippen LogP contribution in [0.2, 0.25) is 0 Å². The molecule has 0 saturated carbocycles. The number of hydrogen-bond acceptors (Lipinski definition) is 3. The Morgan fingerprint density at radius 3 is 2.38 bits per heavy atom. The molecule has 0 aromatic carbocycles. The normalized spacial score (nSPS) is 17.9. The summed E-state index contributed by atoms with van der Waals surface area (Å²) >= 11 is 0. The SMILES string of the molecule is CC(C)COC(C)CC(C)(N)C#N. The number of nitrogens with two attached hydrogens (primary N) is 1. The molecule has 0 aliphatic carbocycles. The van der Waals surface area contributed by atoms with Gasteiger partial charge in [-0.2, -0.15) is 5.26 Å². The third-order valence-corrected chi connectivity index (χ3v) is 1.68. The Bertz CT molecular complexity index is 182. The van der Waals surface area contributed by atoms with E-state index in [9.17, 15) is 0 Å². The minimum Gasteiger partial charge on any atom is -0.378 e. The van der Waals surface area contributed by atoms with E-state index in [1.165, 1.54) is 0 Å². The van der Waals surface area contributed by atoms with E-state index < -0.39 is 5.54 Å². The van der Waals surface area contributed by atoms with Crippen molar-refractivity contribution in [1.82, 2.24) is 0 Å². The second-order valence-electron chi connectivity index (χ2n) is 4.27. The summed E-state index contributed by atoms with van der Waals surface area (Å²) < 4.78 is 5.51. The van der Waals surface area contributed by atoms with Crippen molar-refractivity contribution >= 4 is 0 Å². The first kappa shape index (κ1) is 12.4. The number of nitriles is 1. The van der Waals surface area contributed by atoms with Gasteiger partial charge in [0.05, 0.1) is 12.2 Å². The first-order valence-electron chi connectivity index (χ1n) is 4.69. The van der Waals surface area contributed by atoms with Crippen molar-refractivity contribution in [3.63, 3.8) is 0 Å². The number of nitrogens with zero attached hydrogens (tertiary/aromatic N) is 1. The van der Waals surface area contributed by atoms with Crippen molar-refractivity contribution in [3.05, 3.63) is 0 Å². The van der Waals surface area contributed by atoms with Crippen molar-refractivity contribution in [1.29, 1.82) is 5.26 Å². The summed E-state index contributed by atoms with van der Waals surface area (Å²) in [6.07, 6.45) is 0.632. The predicted octanol–water partition coefficient (Wildman–Crippen LogP) is 1.68. The summed E-state index contributed by atoms with van der Waals surface area (Å²) in [5.41, 5.74) is 4.91. The highest BCUT2D eigenvalue weighted by Crippen LogP contribution is 2.11. The van der Waals surface area contributed by atoms with Crippen LogP contribution in [0.3, 0.4) is 0 Å². The molecular weight excluding hydrogens is 164 g/mol. The molecule has 0 fully saturated rings. The summed E-state index contributed by atoms with van der Waals surface area (Å²) in [7, 11) is 0. The van der Waals surface area contributed by atoms with E-state index in [1.54, 1.807) is 6.92 Å². The van der Waals surface area contributed by atoms with Gasteiger partial charge in [0, 0.05) is 13.0 Å². The summed E-state index contributed by atoms with van der Waals surface area (Å²) in [6.45, 7) is 8.59. The number of rotatable bonds is 5. The standard InChI is InChI=1S/C10H20N2O/c1-8(2)6-13-9(3)5-10(4,12)7-11/h8-9H,5-6,12H2,1-4H3. The Balaban J connectivity index is 3.76. The van der Waals surface area contributed by atoms with E-state index in [0.717, 1.165) is 6.61 Å². The molecule has 0 spiro atoms. The minimum absolute atomic E-state index is 0.0528. The third kappa shape index (κ3) is 6.56. The van der Waals surface area contributed by atoms with Crippen molar-refractivity contribution in [2.24, 2.45) is 11.7 Å². The number of hydrogen-bond donors (Lipinski definition) is 1. The zero-order chi connectivity index (χ0) is 10.5. The molecule has 2 N–H and O–H groups in total. The second-order valence-corrected chi connectivity index (χ2v) is 4.27. The van der Waals surface area contributed by atoms with Crippen molar-refractivity contribution in [3.8, 4) is 6.07 Å². The molecule has 0 heterocycles. The van der Waals surface area contributed by atoms with Crippen LogP contribution in [0.5, 0.6) is 0 Å². The van der Waals surface area contributed by atoms with Crippen molar-refractivity contribution in [2.75, 3.05) is 6.61 Å². The highest BCUT2D eigenvalue weighted by atomic mass is 16.5.